The number of hydrogen-bond acceptors (Lipinski definition) is 2. The van der Waals surface area contributed by atoms with Gasteiger partial charge in [0.05, 0.1) is 6.04 Å². The number of carbonyl (C=O) groups excluding carboxylic acids is 1. The van der Waals surface area contributed by atoms with Crippen molar-refractivity contribution in [2.75, 3.05) is 18.9 Å². The van der Waals surface area contributed by atoms with E-state index in [2.05, 4.69) is 30.1 Å². The van der Waals surface area contributed by atoms with Crippen LogP contribution in [-0.2, 0) is 4.79 Å². The highest BCUT2D eigenvalue weighted by Gasteiger charge is 2.28. The minimum absolute atomic E-state index is 0.0326. The fourth-order valence-electron chi connectivity index (χ4n) is 2.57. The summed E-state index contributed by atoms with van der Waals surface area (Å²) in [7, 11) is 2.02. The third-order valence-corrected chi connectivity index (χ3v) is 3.66. The first-order valence-corrected chi connectivity index (χ1v) is 6.69. The number of anilines is 1. The summed E-state index contributed by atoms with van der Waals surface area (Å²) in [4.78, 5) is 14.4. The SMILES string of the molecule is CC(C)c1ccccc1NC(=O)C1CCCN1C. The Morgan fingerprint density at radius 3 is 2.72 bits per heavy atom. The Labute approximate surface area is 109 Å². The van der Waals surface area contributed by atoms with Crippen LogP contribution in [0.5, 0.6) is 0 Å². The van der Waals surface area contributed by atoms with E-state index in [9.17, 15) is 4.79 Å². The van der Waals surface area contributed by atoms with Crippen molar-refractivity contribution < 1.29 is 4.79 Å². The molecular weight excluding hydrogens is 224 g/mol. The largest absolute Gasteiger partial charge is 0.324 e. The van der Waals surface area contributed by atoms with Crippen molar-refractivity contribution in [2.24, 2.45) is 0 Å². The summed E-state index contributed by atoms with van der Waals surface area (Å²) in [6, 6.07) is 8.10. The van der Waals surface area contributed by atoms with Crippen molar-refractivity contribution in [1.82, 2.24) is 4.90 Å². The molecule has 0 saturated carbocycles. The standard InChI is InChI=1S/C15H22N2O/c1-11(2)12-7-4-5-8-13(12)16-15(18)14-9-6-10-17(14)3/h4-5,7-8,11,14H,6,9-10H2,1-3H3,(H,16,18). The second kappa shape index (κ2) is 5.53. The molecule has 0 bridgehead atoms. The van der Waals surface area contributed by atoms with Gasteiger partial charge in [0.25, 0.3) is 0 Å². The molecule has 1 aliphatic rings. The average molecular weight is 246 g/mol. The van der Waals surface area contributed by atoms with Gasteiger partial charge in [0, 0.05) is 5.69 Å². The van der Waals surface area contributed by atoms with Crippen molar-refractivity contribution in [3.05, 3.63) is 29.8 Å². The van der Waals surface area contributed by atoms with Crippen molar-refractivity contribution in [3.63, 3.8) is 0 Å². The van der Waals surface area contributed by atoms with Crippen molar-refractivity contribution in [3.8, 4) is 0 Å². The molecule has 3 nitrogen and oxygen atoms in total. The van der Waals surface area contributed by atoms with Gasteiger partial charge in [-0.1, -0.05) is 32.0 Å². The summed E-state index contributed by atoms with van der Waals surface area (Å²) in [6.45, 7) is 5.31. The molecule has 1 aromatic rings. The average Bonchev–Trinajstić information content (AvgIpc) is 2.76. The summed E-state index contributed by atoms with van der Waals surface area (Å²) < 4.78 is 0. The topological polar surface area (TPSA) is 32.3 Å². The molecule has 18 heavy (non-hydrogen) atoms. The van der Waals surface area contributed by atoms with E-state index < -0.39 is 0 Å². The highest BCUT2D eigenvalue weighted by Crippen LogP contribution is 2.25. The third-order valence-electron chi connectivity index (χ3n) is 3.66. The Morgan fingerprint density at radius 2 is 2.11 bits per heavy atom. The second-order valence-electron chi connectivity index (χ2n) is 5.37. The summed E-state index contributed by atoms with van der Waals surface area (Å²) in [5.41, 5.74) is 2.16. The summed E-state index contributed by atoms with van der Waals surface area (Å²) >= 11 is 0. The fourth-order valence-corrected chi connectivity index (χ4v) is 2.57. The molecule has 2 rings (SSSR count). The number of carbonyl (C=O) groups is 1. The number of nitrogens with one attached hydrogen (secondary N) is 1. The van der Waals surface area contributed by atoms with E-state index in [4.69, 9.17) is 0 Å². The Bertz CT molecular complexity index is 428. The Balaban J connectivity index is 2.11. The first kappa shape index (κ1) is 13.1. The van der Waals surface area contributed by atoms with Crippen LogP contribution >= 0.6 is 0 Å². The minimum atomic E-state index is 0.0326. The molecule has 0 radical (unpaired) electrons. The van der Waals surface area contributed by atoms with Gasteiger partial charge in [0.1, 0.15) is 0 Å². The van der Waals surface area contributed by atoms with Crippen LogP contribution in [0.25, 0.3) is 0 Å². The molecule has 1 amide bonds. The van der Waals surface area contributed by atoms with Gasteiger partial charge in [-0.05, 0) is 44.0 Å². The number of para-hydroxylation sites is 1. The molecule has 0 aliphatic carbocycles. The zero-order chi connectivity index (χ0) is 13.1. The maximum atomic E-state index is 12.2. The molecule has 1 saturated heterocycles. The highest BCUT2D eigenvalue weighted by atomic mass is 16.2. The first-order valence-electron chi connectivity index (χ1n) is 6.69. The van der Waals surface area contributed by atoms with Gasteiger partial charge in [-0.25, -0.2) is 0 Å². The molecule has 0 aromatic heterocycles. The molecule has 1 fully saturated rings. The van der Waals surface area contributed by atoms with Gasteiger partial charge >= 0.3 is 0 Å². The predicted octanol–water partition coefficient (Wildman–Crippen LogP) is 2.84. The zero-order valence-corrected chi connectivity index (χ0v) is 11.4. The van der Waals surface area contributed by atoms with Crippen LogP contribution < -0.4 is 5.32 Å². The molecule has 1 aromatic carbocycles. The maximum absolute atomic E-state index is 12.2. The lowest BCUT2D eigenvalue weighted by Gasteiger charge is -2.20. The number of hydrogen-bond donors (Lipinski definition) is 1. The molecule has 1 atom stereocenters. The van der Waals surface area contributed by atoms with Gasteiger partial charge < -0.3 is 5.32 Å². The van der Waals surface area contributed by atoms with Crippen molar-refractivity contribution in [2.45, 2.75) is 38.6 Å². The predicted molar refractivity (Wildman–Crippen MR) is 74.8 cm³/mol. The van der Waals surface area contributed by atoms with Gasteiger partial charge in [0.15, 0.2) is 0 Å². The fraction of sp³-hybridized carbons (Fsp3) is 0.533. The van der Waals surface area contributed by atoms with Gasteiger partial charge in [-0.15, -0.1) is 0 Å². The Hall–Kier alpha value is -1.35. The minimum Gasteiger partial charge on any atom is -0.324 e. The van der Waals surface area contributed by atoms with Crippen LogP contribution in [0.4, 0.5) is 5.69 Å². The smallest absolute Gasteiger partial charge is 0.241 e. The van der Waals surface area contributed by atoms with Crippen LogP contribution in [0.2, 0.25) is 0 Å². The third kappa shape index (κ3) is 2.72. The van der Waals surface area contributed by atoms with Crippen LogP contribution in [0.3, 0.4) is 0 Å². The van der Waals surface area contributed by atoms with Crippen molar-refractivity contribution >= 4 is 11.6 Å². The molecule has 0 spiro atoms. The quantitative estimate of drug-likeness (QED) is 0.889. The number of likely N-dealkylation sites (tertiary alicyclic amines) is 1. The van der Waals surface area contributed by atoms with Gasteiger partial charge in [-0.3, -0.25) is 9.69 Å². The van der Waals surface area contributed by atoms with E-state index in [1.165, 1.54) is 5.56 Å². The second-order valence-corrected chi connectivity index (χ2v) is 5.37. The lowest BCUT2D eigenvalue weighted by Crippen LogP contribution is -2.37. The van der Waals surface area contributed by atoms with Gasteiger partial charge in [-0.2, -0.15) is 0 Å². The van der Waals surface area contributed by atoms with Crippen LogP contribution in [0, 0.1) is 0 Å². The van der Waals surface area contributed by atoms with E-state index in [0.717, 1.165) is 25.1 Å². The Morgan fingerprint density at radius 1 is 1.39 bits per heavy atom. The van der Waals surface area contributed by atoms with Crippen molar-refractivity contribution in [1.29, 1.82) is 0 Å². The van der Waals surface area contributed by atoms with E-state index in [-0.39, 0.29) is 11.9 Å². The number of nitrogens with zero attached hydrogens (tertiary/aromatic N) is 1. The van der Waals surface area contributed by atoms with Crippen LogP contribution in [0.1, 0.15) is 38.2 Å². The van der Waals surface area contributed by atoms with Crippen LogP contribution in [-0.4, -0.2) is 30.4 Å². The van der Waals surface area contributed by atoms with Gasteiger partial charge in [0.2, 0.25) is 5.91 Å². The summed E-state index contributed by atoms with van der Waals surface area (Å²) in [6.07, 6.45) is 2.08. The summed E-state index contributed by atoms with van der Waals surface area (Å²) in [5.74, 6) is 0.547. The van der Waals surface area contributed by atoms with E-state index >= 15 is 0 Å². The Kier molecular flexibility index (Phi) is 4.02. The normalized spacial score (nSPS) is 20.3. The lowest BCUT2D eigenvalue weighted by molar-refractivity contribution is -0.119. The number of rotatable bonds is 3. The zero-order valence-electron chi connectivity index (χ0n) is 11.4. The molecule has 1 N–H and O–H groups in total. The van der Waals surface area contributed by atoms with E-state index in [1.807, 2.05) is 25.2 Å². The molecule has 3 heteroatoms. The molecule has 1 heterocycles. The number of amides is 1. The van der Waals surface area contributed by atoms with E-state index in [1.54, 1.807) is 0 Å². The number of likely N-dealkylation sites (N-methyl/N-ethyl adjacent to an activating group) is 1. The highest BCUT2D eigenvalue weighted by molar-refractivity contribution is 5.95. The monoisotopic (exact) mass is 246 g/mol. The first-order chi connectivity index (χ1) is 8.59. The number of benzene rings is 1. The maximum Gasteiger partial charge on any atom is 0.241 e. The molecular formula is C15H22N2O. The van der Waals surface area contributed by atoms with E-state index in [0.29, 0.717) is 5.92 Å². The molecule has 1 unspecified atom stereocenters. The summed E-state index contributed by atoms with van der Waals surface area (Å²) in [5, 5.41) is 3.08. The lowest BCUT2D eigenvalue weighted by atomic mass is 10.0. The molecule has 1 aliphatic heterocycles. The van der Waals surface area contributed by atoms with Crippen LogP contribution in [0.15, 0.2) is 24.3 Å². The molecule has 98 valence electrons.